The van der Waals surface area contributed by atoms with Gasteiger partial charge in [-0.15, -0.1) is 0 Å². The Labute approximate surface area is 153 Å². The van der Waals surface area contributed by atoms with Crippen LogP contribution in [0.1, 0.15) is 41.1 Å². The molecule has 2 aromatic rings. The maximum Gasteiger partial charge on any atom is 0.185 e. The molecule has 0 radical (unpaired) electrons. The number of hydrogen-bond acceptors (Lipinski definition) is 5. The smallest absolute Gasteiger partial charge is 0.185 e. The number of benzene rings is 1. The van der Waals surface area contributed by atoms with Crippen molar-refractivity contribution in [2.24, 2.45) is 5.92 Å². The van der Waals surface area contributed by atoms with Gasteiger partial charge in [0.2, 0.25) is 0 Å². The molecule has 1 aromatic heterocycles. The van der Waals surface area contributed by atoms with Crippen molar-refractivity contribution < 1.29 is 23.2 Å². The van der Waals surface area contributed by atoms with Gasteiger partial charge in [0.25, 0.3) is 0 Å². The number of ketones is 1. The molecule has 5 nitrogen and oxygen atoms in total. The van der Waals surface area contributed by atoms with Crippen LogP contribution < -0.4 is 0 Å². The monoisotopic (exact) mass is 411 g/mol. The molecule has 1 unspecified atom stereocenters. The molecule has 0 bridgehead atoms. The van der Waals surface area contributed by atoms with E-state index in [-0.39, 0.29) is 30.5 Å². The van der Waals surface area contributed by atoms with Gasteiger partial charge in [0.1, 0.15) is 12.4 Å². The minimum atomic E-state index is -0.314. The topological polar surface area (TPSA) is 61.6 Å². The van der Waals surface area contributed by atoms with Crippen LogP contribution in [-0.4, -0.2) is 24.2 Å². The van der Waals surface area contributed by atoms with E-state index in [1.165, 1.54) is 6.07 Å². The Balaban J connectivity index is 1.51. The number of nitrogens with zero attached hydrogens (tertiary/aromatic N) is 1. The molecule has 1 saturated heterocycles. The zero-order valence-corrected chi connectivity index (χ0v) is 15.3. The first-order valence-corrected chi connectivity index (χ1v) is 9.00. The van der Waals surface area contributed by atoms with Crippen molar-refractivity contribution in [3.8, 4) is 0 Å². The van der Waals surface area contributed by atoms with Crippen molar-refractivity contribution >= 4 is 21.7 Å². The van der Waals surface area contributed by atoms with Gasteiger partial charge in [-0.1, -0.05) is 23.4 Å². The lowest BCUT2D eigenvalue weighted by atomic mass is 10.00. The molecule has 3 rings (SSSR count). The number of halogens is 2. The number of rotatable bonds is 8. The number of ether oxygens (including phenoxy) is 2. The highest BCUT2D eigenvalue weighted by Gasteiger charge is 2.22. The molecule has 1 aliphatic heterocycles. The zero-order valence-electron chi connectivity index (χ0n) is 13.7. The van der Waals surface area contributed by atoms with Crippen molar-refractivity contribution in [3.05, 3.63) is 51.6 Å². The predicted molar refractivity (Wildman–Crippen MR) is 91.6 cm³/mol. The van der Waals surface area contributed by atoms with Gasteiger partial charge in [0, 0.05) is 25.2 Å². The van der Waals surface area contributed by atoms with Gasteiger partial charge >= 0.3 is 0 Å². The van der Waals surface area contributed by atoms with E-state index in [0.717, 1.165) is 26.1 Å². The van der Waals surface area contributed by atoms with Crippen LogP contribution in [0.3, 0.4) is 0 Å². The van der Waals surface area contributed by atoms with Gasteiger partial charge < -0.3 is 14.0 Å². The zero-order chi connectivity index (χ0) is 17.6. The summed E-state index contributed by atoms with van der Waals surface area (Å²) in [5.41, 5.74) is 0.747. The molecule has 1 atom stereocenters. The van der Waals surface area contributed by atoms with Gasteiger partial charge in [-0.25, -0.2) is 4.39 Å². The summed E-state index contributed by atoms with van der Waals surface area (Å²) in [7, 11) is 0. The maximum atomic E-state index is 13.5. The van der Waals surface area contributed by atoms with Crippen LogP contribution in [0.4, 0.5) is 4.39 Å². The average Bonchev–Trinajstić information content (AvgIpc) is 3.25. The summed E-state index contributed by atoms with van der Waals surface area (Å²) in [6, 6.07) is 6.42. The van der Waals surface area contributed by atoms with E-state index < -0.39 is 0 Å². The molecule has 0 amide bonds. The molecule has 7 heteroatoms. The molecule has 0 spiro atoms. The summed E-state index contributed by atoms with van der Waals surface area (Å²) in [6.45, 7) is 1.72. The maximum absolute atomic E-state index is 13.5. The van der Waals surface area contributed by atoms with Crippen LogP contribution in [0.15, 0.2) is 33.3 Å². The molecule has 25 heavy (non-hydrogen) atoms. The quantitative estimate of drug-likeness (QED) is 0.606. The van der Waals surface area contributed by atoms with Gasteiger partial charge in [0.05, 0.1) is 11.1 Å². The fraction of sp³-hybridized carbons (Fsp3) is 0.444. The largest absolute Gasteiger partial charge is 0.381 e. The summed E-state index contributed by atoms with van der Waals surface area (Å²) in [4.78, 5) is 12.3. The van der Waals surface area contributed by atoms with Crippen molar-refractivity contribution in [3.63, 3.8) is 0 Å². The van der Waals surface area contributed by atoms with Gasteiger partial charge in [-0.05, 0) is 40.8 Å². The van der Waals surface area contributed by atoms with Crippen LogP contribution in [-0.2, 0) is 22.7 Å². The minimum absolute atomic E-state index is 0.0668. The third-order valence-electron chi connectivity index (χ3n) is 4.22. The van der Waals surface area contributed by atoms with E-state index >= 15 is 0 Å². The van der Waals surface area contributed by atoms with Crippen LogP contribution in [0, 0.1) is 11.7 Å². The lowest BCUT2D eigenvalue weighted by Gasteiger charge is -2.05. The van der Waals surface area contributed by atoms with Crippen LogP contribution in [0.2, 0.25) is 0 Å². The summed E-state index contributed by atoms with van der Waals surface area (Å²) in [5, 5.41) is 3.85. The Morgan fingerprint density at radius 3 is 2.96 bits per heavy atom. The van der Waals surface area contributed by atoms with Crippen molar-refractivity contribution in [1.82, 2.24) is 5.16 Å². The summed E-state index contributed by atoms with van der Waals surface area (Å²) in [6.07, 6.45) is 2.20. The first kappa shape index (κ1) is 18.2. The molecule has 0 N–H and O–H groups in total. The molecule has 0 aliphatic carbocycles. The van der Waals surface area contributed by atoms with Crippen molar-refractivity contribution in [2.45, 2.75) is 32.5 Å². The second-order valence-electron chi connectivity index (χ2n) is 6.04. The molecule has 1 fully saturated rings. The Hall–Kier alpha value is -1.57. The normalized spacial score (nSPS) is 17.1. The average molecular weight is 412 g/mol. The van der Waals surface area contributed by atoms with Crippen LogP contribution >= 0.6 is 15.9 Å². The molecule has 2 heterocycles. The Morgan fingerprint density at radius 1 is 1.36 bits per heavy atom. The van der Waals surface area contributed by atoms with E-state index in [1.807, 2.05) is 0 Å². The Morgan fingerprint density at radius 2 is 2.20 bits per heavy atom. The van der Waals surface area contributed by atoms with E-state index in [4.69, 9.17) is 14.0 Å². The molecular formula is C18H19BrFNO4. The number of carbonyl (C=O) groups is 1. The van der Waals surface area contributed by atoms with E-state index in [1.54, 1.807) is 18.2 Å². The number of Topliss-reactive ketones (excluding diaryl/α,β-unsaturated/α-hetero) is 1. The summed E-state index contributed by atoms with van der Waals surface area (Å²) < 4.78 is 30.0. The van der Waals surface area contributed by atoms with Gasteiger partial charge in [0.15, 0.2) is 17.2 Å². The highest BCUT2D eigenvalue weighted by atomic mass is 79.9. The van der Waals surface area contributed by atoms with E-state index in [9.17, 15) is 9.18 Å². The molecule has 134 valence electrons. The van der Waals surface area contributed by atoms with Crippen LogP contribution in [0.25, 0.3) is 0 Å². The third kappa shape index (κ3) is 4.74. The molecule has 1 aromatic carbocycles. The van der Waals surface area contributed by atoms with Crippen LogP contribution in [0.5, 0.6) is 0 Å². The minimum Gasteiger partial charge on any atom is -0.381 e. The predicted octanol–water partition coefficient (Wildman–Crippen LogP) is 4.29. The first-order valence-electron chi connectivity index (χ1n) is 8.21. The fourth-order valence-electron chi connectivity index (χ4n) is 2.71. The lowest BCUT2D eigenvalue weighted by molar-refractivity contribution is 0.0856. The molecule has 0 saturated carbocycles. The first-order chi connectivity index (χ1) is 12.1. The fourth-order valence-corrected chi connectivity index (χ4v) is 3.19. The number of carbonyl (C=O) groups excluding carboxylic acids is 1. The second kappa shape index (κ2) is 8.69. The molecule has 1 aliphatic rings. The lowest BCUT2D eigenvalue weighted by Crippen LogP contribution is -2.06. The SMILES string of the molecule is O=C(CCC1CCOC1)c1noc(COCc2ccccc2F)c1Br. The molecular weight excluding hydrogens is 393 g/mol. The van der Waals surface area contributed by atoms with Crippen molar-refractivity contribution in [1.29, 1.82) is 0 Å². The number of hydrogen-bond donors (Lipinski definition) is 0. The summed E-state index contributed by atoms with van der Waals surface area (Å²) in [5.74, 6) is 0.482. The van der Waals surface area contributed by atoms with Gasteiger partial charge in [-0.2, -0.15) is 0 Å². The van der Waals surface area contributed by atoms with Gasteiger partial charge in [-0.3, -0.25) is 4.79 Å². The van der Waals surface area contributed by atoms with Crippen molar-refractivity contribution in [2.75, 3.05) is 13.2 Å². The summed E-state index contributed by atoms with van der Waals surface area (Å²) >= 11 is 3.35. The highest BCUT2D eigenvalue weighted by Crippen LogP contribution is 2.26. The Kier molecular flexibility index (Phi) is 6.34. The van der Waals surface area contributed by atoms with E-state index in [2.05, 4.69) is 21.1 Å². The van der Waals surface area contributed by atoms with E-state index in [0.29, 0.717) is 28.1 Å². The second-order valence-corrected chi connectivity index (χ2v) is 6.84. The standard InChI is InChI=1S/C18H19BrFNO4/c19-17-16(11-24-10-13-3-1-2-4-14(13)20)25-21-18(17)15(22)6-5-12-7-8-23-9-12/h1-4,12H,5-11H2. The third-order valence-corrected chi connectivity index (χ3v) is 5.03. The highest BCUT2D eigenvalue weighted by molar-refractivity contribution is 9.10. The Bertz CT molecular complexity index is 728. The number of aromatic nitrogens is 1.